The van der Waals surface area contributed by atoms with E-state index in [2.05, 4.69) is 29.5 Å². The molecule has 1 aliphatic carbocycles. The Kier molecular flexibility index (Phi) is 3.66. The van der Waals surface area contributed by atoms with E-state index in [0.717, 1.165) is 22.9 Å². The van der Waals surface area contributed by atoms with Crippen molar-refractivity contribution < 1.29 is 0 Å². The van der Waals surface area contributed by atoms with Gasteiger partial charge in [0.25, 0.3) is 0 Å². The first-order chi connectivity index (χ1) is 7.65. The Labute approximate surface area is 102 Å². The van der Waals surface area contributed by atoms with Gasteiger partial charge in [0.2, 0.25) is 0 Å². The molecule has 0 bridgehead atoms. The molecule has 1 aromatic heterocycles. The van der Waals surface area contributed by atoms with Gasteiger partial charge < -0.3 is 10.6 Å². The lowest BCUT2D eigenvalue weighted by Gasteiger charge is -2.11. The third kappa shape index (κ3) is 3.35. The molecule has 1 aromatic rings. The fraction of sp³-hybridized carbons (Fsp3) is 0.583. The molecular formula is C12H18ClN3. The van der Waals surface area contributed by atoms with E-state index < -0.39 is 0 Å². The van der Waals surface area contributed by atoms with Crippen LogP contribution in [-0.2, 0) is 6.54 Å². The molecule has 2 rings (SSSR count). The van der Waals surface area contributed by atoms with Crippen molar-refractivity contribution in [2.75, 3.05) is 5.32 Å². The summed E-state index contributed by atoms with van der Waals surface area (Å²) in [6, 6.07) is 3.12. The van der Waals surface area contributed by atoms with Crippen molar-refractivity contribution >= 4 is 17.4 Å². The van der Waals surface area contributed by atoms with Crippen LogP contribution in [0.15, 0.2) is 12.3 Å². The molecule has 1 heterocycles. The molecule has 2 N–H and O–H groups in total. The van der Waals surface area contributed by atoms with Gasteiger partial charge in [-0.15, -0.1) is 0 Å². The number of rotatable bonds is 5. The molecule has 0 atom stereocenters. The van der Waals surface area contributed by atoms with Gasteiger partial charge in [-0.1, -0.05) is 25.4 Å². The van der Waals surface area contributed by atoms with E-state index >= 15 is 0 Å². The van der Waals surface area contributed by atoms with Crippen molar-refractivity contribution in [3.63, 3.8) is 0 Å². The second-order valence-corrected chi connectivity index (χ2v) is 5.02. The summed E-state index contributed by atoms with van der Waals surface area (Å²) in [5.74, 6) is 0.937. The number of nitrogens with one attached hydrogen (secondary N) is 2. The van der Waals surface area contributed by atoms with Crippen LogP contribution < -0.4 is 10.6 Å². The highest BCUT2D eigenvalue weighted by Crippen LogP contribution is 2.25. The van der Waals surface area contributed by atoms with Crippen LogP contribution in [0.25, 0.3) is 0 Å². The smallest absolute Gasteiger partial charge is 0.126 e. The average molecular weight is 240 g/mol. The van der Waals surface area contributed by atoms with Gasteiger partial charge >= 0.3 is 0 Å². The Balaban J connectivity index is 2.02. The zero-order valence-corrected chi connectivity index (χ0v) is 10.5. The molecule has 1 saturated carbocycles. The summed E-state index contributed by atoms with van der Waals surface area (Å²) in [6.45, 7) is 5.04. The summed E-state index contributed by atoms with van der Waals surface area (Å²) in [5.41, 5.74) is 1.11. The van der Waals surface area contributed by atoms with Crippen molar-refractivity contribution in [2.24, 2.45) is 0 Å². The molecule has 0 aromatic carbocycles. The summed E-state index contributed by atoms with van der Waals surface area (Å²) in [7, 11) is 0. The van der Waals surface area contributed by atoms with Gasteiger partial charge in [-0.05, 0) is 24.5 Å². The Morgan fingerprint density at radius 2 is 2.25 bits per heavy atom. The molecule has 0 amide bonds. The molecule has 16 heavy (non-hydrogen) atoms. The lowest BCUT2D eigenvalue weighted by atomic mass is 10.2. The monoisotopic (exact) mass is 239 g/mol. The molecule has 0 radical (unpaired) electrons. The minimum atomic E-state index is 0.462. The minimum absolute atomic E-state index is 0.462. The van der Waals surface area contributed by atoms with Gasteiger partial charge in [0, 0.05) is 24.8 Å². The van der Waals surface area contributed by atoms with E-state index in [9.17, 15) is 0 Å². The quantitative estimate of drug-likeness (QED) is 0.830. The number of pyridine rings is 1. The van der Waals surface area contributed by atoms with Crippen LogP contribution in [0.4, 0.5) is 5.82 Å². The molecule has 0 aliphatic heterocycles. The van der Waals surface area contributed by atoms with Crippen LogP contribution in [0.5, 0.6) is 0 Å². The van der Waals surface area contributed by atoms with E-state index in [1.165, 1.54) is 12.8 Å². The summed E-state index contributed by atoms with van der Waals surface area (Å²) >= 11 is 6.10. The van der Waals surface area contributed by atoms with Gasteiger partial charge in [0.05, 0.1) is 5.02 Å². The molecule has 0 unspecified atom stereocenters. The third-order valence-electron chi connectivity index (χ3n) is 2.56. The van der Waals surface area contributed by atoms with Crippen molar-refractivity contribution in [3.8, 4) is 0 Å². The van der Waals surface area contributed by atoms with Crippen LogP contribution in [0.1, 0.15) is 32.3 Å². The van der Waals surface area contributed by atoms with E-state index in [1.807, 2.05) is 6.07 Å². The Hall–Kier alpha value is -0.800. The highest BCUT2D eigenvalue weighted by Gasteiger charge is 2.21. The molecule has 1 fully saturated rings. The standard InChI is InChI=1S/C12H18ClN3/c1-8(2)14-6-9-5-12(15-7-11(9)13)16-10-3-4-10/h5,7-8,10,14H,3-4,6H2,1-2H3,(H,15,16). The van der Waals surface area contributed by atoms with Crippen molar-refractivity contribution in [1.29, 1.82) is 0 Å². The maximum Gasteiger partial charge on any atom is 0.126 e. The summed E-state index contributed by atoms with van der Waals surface area (Å²) < 4.78 is 0. The van der Waals surface area contributed by atoms with E-state index in [0.29, 0.717) is 12.1 Å². The topological polar surface area (TPSA) is 37.0 Å². The summed E-state index contributed by atoms with van der Waals surface area (Å²) in [5, 5.41) is 7.46. The zero-order chi connectivity index (χ0) is 11.5. The maximum atomic E-state index is 6.10. The van der Waals surface area contributed by atoms with Gasteiger partial charge in [0.15, 0.2) is 0 Å². The number of nitrogens with zero attached hydrogens (tertiary/aromatic N) is 1. The van der Waals surface area contributed by atoms with E-state index in [4.69, 9.17) is 11.6 Å². The van der Waals surface area contributed by atoms with Crippen molar-refractivity contribution in [1.82, 2.24) is 10.3 Å². The number of hydrogen-bond donors (Lipinski definition) is 2. The van der Waals surface area contributed by atoms with Crippen molar-refractivity contribution in [2.45, 2.75) is 45.3 Å². The number of halogens is 1. The minimum Gasteiger partial charge on any atom is -0.367 e. The molecule has 3 nitrogen and oxygen atoms in total. The highest BCUT2D eigenvalue weighted by atomic mass is 35.5. The second kappa shape index (κ2) is 5.02. The predicted molar refractivity (Wildman–Crippen MR) is 67.9 cm³/mol. The highest BCUT2D eigenvalue weighted by molar-refractivity contribution is 6.31. The first-order valence-electron chi connectivity index (χ1n) is 5.79. The van der Waals surface area contributed by atoms with Gasteiger partial charge in [-0.2, -0.15) is 0 Å². The lowest BCUT2D eigenvalue weighted by Crippen LogP contribution is -2.22. The number of aromatic nitrogens is 1. The van der Waals surface area contributed by atoms with Crippen LogP contribution in [0.3, 0.4) is 0 Å². The van der Waals surface area contributed by atoms with Crippen LogP contribution in [-0.4, -0.2) is 17.1 Å². The van der Waals surface area contributed by atoms with Crippen molar-refractivity contribution in [3.05, 3.63) is 22.8 Å². The Morgan fingerprint density at radius 1 is 1.50 bits per heavy atom. The van der Waals surface area contributed by atoms with Gasteiger partial charge in [-0.3, -0.25) is 0 Å². The van der Waals surface area contributed by atoms with Crippen LogP contribution >= 0.6 is 11.6 Å². The lowest BCUT2D eigenvalue weighted by molar-refractivity contribution is 0.588. The maximum absolute atomic E-state index is 6.10. The van der Waals surface area contributed by atoms with Crippen LogP contribution in [0, 0.1) is 0 Å². The fourth-order valence-electron chi connectivity index (χ4n) is 1.45. The largest absolute Gasteiger partial charge is 0.367 e. The predicted octanol–water partition coefficient (Wildman–Crippen LogP) is 2.81. The van der Waals surface area contributed by atoms with Gasteiger partial charge in [-0.25, -0.2) is 4.98 Å². The van der Waals surface area contributed by atoms with E-state index in [1.54, 1.807) is 6.20 Å². The summed E-state index contributed by atoms with van der Waals surface area (Å²) in [4.78, 5) is 4.28. The molecular weight excluding hydrogens is 222 g/mol. The van der Waals surface area contributed by atoms with Crippen LogP contribution in [0.2, 0.25) is 5.02 Å². The molecule has 0 spiro atoms. The molecule has 0 saturated heterocycles. The molecule has 4 heteroatoms. The molecule has 88 valence electrons. The molecule has 1 aliphatic rings. The average Bonchev–Trinajstić information content (AvgIpc) is 3.02. The first kappa shape index (κ1) is 11.7. The summed E-state index contributed by atoms with van der Waals surface area (Å²) in [6.07, 6.45) is 4.23. The number of anilines is 1. The van der Waals surface area contributed by atoms with Gasteiger partial charge in [0.1, 0.15) is 5.82 Å². The number of hydrogen-bond acceptors (Lipinski definition) is 3. The van der Waals surface area contributed by atoms with E-state index in [-0.39, 0.29) is 0 Å². The first-order valence-corrected chi connectivity index (χ1v) is 6.17. The normalized spacial score (nSPS) is 15.5. The Bertz CT molecular complexity index is 361. The zero-order valence-electron chi connectivity index (χ0n) is 9.76. The third-order valence-corrected chi connectivity index (χ3v) is 2.91. The second-order valence-electron chi connectivity index (χ2n) is 4.62. The fourth-order valence-corrected chi connectivity index (χ4v) is 1.62. The Morgan fingerprint density at radius 3 is 2.88 bits per heavy atom. The SMILES string of the molecule is CC(C)NCc1cc(NC2CC2)ncc1Cl.